The summed E-state index contributed by atoms with van der Waals surface area (Å²) in [5.74, 6) is 0.233. The average molecular weight is 446 g/mol. The molecule has 2 aliphatic heterocycles. The number of H-pyrrole nitrogens is 1. The second-order valence-corrected chi connectivity index (χ2v) is 8.07. The van der Waals surface area contributed by atoms with E-state index in [1.807, 2.05) is 0 Å². The van der Waals surface area contributed by atoms with Gasteiger partial charge in [-0.2, -0.15) is 4.98 Å². The van der Waals surface area contributed by atoms with Gasteiger partial charge < -0.3 is 25.6 Å². The van der Waals surface area contributed by atoms with Crippen LogP contribution in [-0.4, -0.2) is 69.3 Å². The first kappa shape index (κ1) is 20.0. The molecule has 4 N–H and O–H groups in total. The van der Waals surface area contributed by atoms with E-state index in [4.69, 9.17) is 16.3 Å². The van der Waals surface area contributed by atoms with Crippen LogP contribution in [0.5, 0.6) is 0 Å². The van der Waals surface area contributed by atoms with Gasteiger partial charge in [0.2, 0.25) is 5.95 Å². The number of anilines is 2. The summed E-state index contributed by atoms with van der Waals surface area (Å²) in [6.45, 7) is 3.57. The van der Waals surface area contributed by atoms with Crippen LogP contribution in [0.3, 0.4) is 0 Å². The molecule has 2 saturated heterocycles. The minimum absolute atomic E-state index is 0.0331. The summed E-state index contributed by atoms with van der Waals surface area (Å²) in [7, 11) is 0. The van der Waals surface area contributed by atoms with Gasteiger partial charge >= 0.3 is 0 Å². The molecule has 0 bridgehead atoms. The van der Waals surface area contributed by atoms with Gasteiger partial charge in [0, 0.05) is 36.6 Å². The molecule has 11 heteroatoms. The molecule has 162 valence electrons. The SMILES string of the molecule is ON=C(Nc1ccc(F)c(Cl)c1)c1ccnc2nc(NC3CCN(C4COC4)C3)[nH]c12. The molecule has 0 aliphatic carbocycles. The van der Waals surface area contributed by atoms with Crippen molar-refractivity contribution in [1.29, 1.82) is 0 Å². The summed E-state index contributed by atoms with van der Waals surface area (Å²) in [5, 5.41) is 19.3. The average Bonchev–Trinajstić information content (AvgIpc) is 3.34. The quantitative estimate of drug-likeness (QED) is 0.207. The molecule has 4 heterocycles. The van der Waals surface area contributed by atoms with Gasteiger partial charge in [0.05, 0.1) is 29.8 Å². The lowest BCUT2D eigenvalue weighted by molar-refractivity contribution is -0.0571. The third kappa shape index (κ3) is 4.01. The summed E-state index contributed by atoms with van der Waals surface area (Å²) in [4.78, 5) is 14.5. The predicted molar refractivity (Wildman–Crippen MR) is 115 cm³/mol. The second kappa shape index (κ2) is 8.29. The number of imidazole rings is 1. The van der Waals surface area contributed by atoms with Crippen molar-refractivity contribution in [1.82, 2.24) is 19.9 Å². The van der Waals surface area contributed by atoms with Gasteiger partial charge in [-0.1, -0.05) is 16.8 Å². The highest BCUT2D eigenvalue weighted by molar-refractivity contribution is 6.31. The fraction of sp³-hybridized carbons (Fsp3) is 0.350. The third-order valence-corrected chi connectivity index (χ3v) is 5.92. The zero-order valence-corrected chi connectivity index (χ0v) is 17.2. The standard InChI is InChI=1S/C20H21ClFN7O2/c21-15-7-11(1-2-16(15)22)24-18(28-30)14-3-5-23-19-17(14)26-20(27-19)25-12-4-6-29(8-12)13-9-31-10-13/h1-3,5,7,12-13,30H,4,6,8-10H2,(H,24,28)(H2,23,25,26,27). The van der Waals surface area contributed by atoms with Crippen molar-refractivity contribution < 1.29 is 14.3 Å². The summed E-state index contributed by atoms with van der Waals surface area (Å²) in [6, 6.07) is 6.65. The second-order valence-electron chi connectivity index (χ2n) is 7.66. The highest BCUT2D eigenvalue weighted by Crippen LogP contribution is 2.24. The van der Waals surface area contributed by atoms with E-state index in [0.717, 1.165) is 32.7 Å². The molecule has 0 saturated carbocycles. The number of hydrogen-bond acceptors (Lipinski definition) is 7. The van der Waals surface area contributed by atoms with Crippen LogP contribution in [0.4, 0.5) is 16.0 Å². The third-order valence-electron chi connectivity index (χ3n) is 5.63. The Labute approximate surface area is 182 Å². The van der Waals surface area contributed by atoms with E-state index in [0.29, 0.717) is 34.4 Å². The molecule has 2 aromatic heterocycles. The van der Waals surface area contributed by atoms with Crippen molar-refractivity contribution in [2.75, 3.05) is 36.9 Å². The van der Waals surface area contributed by atoms with Gasteiger partial charge in [-0.25, -0.2) is 9.37 Å². The molecule has 2 fully saturated rings. The summed E-state index contributed by atoms with van der Waals surface area (Å²) in [5.41, 5.74) is 2.14. The van der Waals surface area contributed by atoms with Crippen molar-refractivity contribution >= 4 is 40.2 Å². The van der Waals surface area contributed by atoms with E-state index < -0.39 is 5.82 Å². The maximum Gasteiger partial charge on any atom is 0.203 e. The molecule has 1 atom stereocenters. The Kier molecular flexibility index (Phi) is 5.34. The molecule has 5 rings (SSSR count). The largest absolute Gasteiger partial charge is 0.409 e. The van der Waals surface area contributed by atoms with E-state index in [1.165, 1.54) is 18.2 Å². The molecule has 0 spiro atoms. The summed E-state index contributed by atoms with van der Waals surface area (Å²) in [6.07, 6.45) is 2.60. The Hall–Kier alpha value is -2.95. The number of rotatable bonds is 5. The number of amidine groups is 1. The fourth-order valence-corrected chi connectivity index (χ4v) is 4.08. The number of benzene rings is 1. The van der Waals surface area contributed by atoms with Crippen LogP contribution < -0.4 is 10.6 Å². The van der Waals surface area contributed by atoms with Gasteiger partial charge in [0.15, 0.2) is 11.5 Å². The zero-order chi connectivity index (χ0) is 21.4. The Bertz CT molecular complexity index is 1130. The Morgan fingerprint density at radius 2 is 2.23 bits per heavy atom. The van der Waals surface area contributed by atoms with Gasteiger partial charge in [-0.3, -0.25) is 4.90 Å². The number of oxime groups is 1. The van der Waals surface area contributed by atoms with Crippen molar-refractivity contribution in [2.45, 2.75) is 18.5 Å². The van der Waals surface area contributed by atoms with Gasteiger partial charge in [-0.15, -0.1) is 0 Å². The van der Waals surface area contributed by atoms with Gasteiger partial charge in [0.1, 0.15) is 5.82 Å². The molecular formula is C20H21ClFN7O2. The first-order chi connectivity index (χ1) is 15.1. The van der Waals surface area contributed by atoms with E-state index in [9.17, 15) is 9.60 Å². The summed E-state index contributed by atoms with van der Waals surface area (Å²) < 4.78 is 18.7. The molecule has 1 unspecified atom stereocenters. The van der Waals surface area contributed by atoms with E-state index >= 15 is 0 Å². The number of aromatic amines is 1. The summed E-state index contributed by atoms with van der Waals surface area (Å²) >= 11 is 5.85. The number of ether oxygens (including phenoxy) is 1. The Morgan fingerprint density at radius 1 is 1.35 bits per heavy atom. The van der Waals surface area contributed by atoms with Crippen LogP contribution in [0.15, 0.2) is 35.6 Å². The molecule has 31 heavy (non-hydrogen) atoms. The highest BCUT2D eigenvalue weighted by atomic mass is 35.5. The monoisotopic (exact) mass is 445 g/mol. The lowest BCUT2D eigenvalue weighted by Gasteiger charge is -2.34. The highest BCUT2D eigenvalue weighted by Gasteiger charge is 2.32. The van der Waals surface area contributed by atoms with Crippen LogP contribution in [-0.2, 0) is 4.74 Å². The van der Waals surface area contributed by atoms with Gasteiger partial charge in [0.25, 0.3) is 0 Å². The van der Waals surface area contributed by atoms with Crippen molar-refractivity contribution in [3.8, 4) is 0 Å². The number of halogens is 2. The number of likely N-dealkylation sites (tertiary alicyclic amines) is 1. The maximum atomic E-state index is 13.4. The van der Waals surface area contributed by atoms with Crippen LogP contribution in [0.25, 0.3) is 11.2 Å². The Balaban J connectivity index is 1.35. The first-order valence-electron chi connectivity index (χ1n) is 9.98. The normalized spacial score (nSPS) is 20.2. The van der Waals surface area contributed by atoms with E-state index in [2.05, 4.69) is 35.6 Å². The van der Waals surface area contributed by atoms with E-state index in [1.54, 1.807) is 12.3 Å². The fourth-order valence-electron chi connectivity index (χ4n) is 3.90. The van der Waals surface area contributed by atoms with Crippen molar-refractivity contribution in [3.63, 3.8) is 0 Å². The van der Waals surface area contributed by atoms with Crippen LogP contribution >= 0.6 is 11.6 Å². The topological polar surface area (TPSA) is 111 Å². The number of nitrogens with one attached hydrogen (secondary N) is 3. The van der Waals surface area contributed by atoms with Crippen LogP contribution in [0.1, 0.15) is 12.0 Å². The van der Waals surface area contributed by atoms with Crippen LogP contribution in [0, 0.1) is 5.82 Å². The van der Waals surface area contributed by atoms with Crippen molar-refractivity contribution in [3.05, 3.63) is 46.9 Å². The molecule has 0 amide bonds. The molecule has 3 aromatic rings. The Morgan fingerprint density at radius 3 is 2.97 bits per heavy atom. The first-order valence-corrected chi connectivity index (χ1v) is 10.4. The smallest absolute Gasteiger partial charge is 0.203 e. The minimum atomic E-state index is -0.527. The van der Waals surface area contributed by atoms with Gasteiger partial charge in [-0.05, 0) is 30.7 Å². The van der Waals surface area contributed by atoms with Crippen molar-refractivity contribution in [2.24, 2.45) is 5.16 Å². The predicted octanol–water partition coefficient (Wildman–Crippen LogP) is 2.88. The van der Waals surface area contributed by atoms with Crippen LogP contribution in [0.2, 0.25) is 5.02 Å². The maximum absolute atomic E-state index is 13.4. The lowest BCUT2D eigenvalue weighted by Crippen LogP contribution is -2.48. The molecule has 2 aliphatic rings. The number of nitrogens with zero attached hydrogens (tertiary/aromatic N) is 4. The van der Waals surface area contributed by atoms with E-state index in [-0.39, 0.29) is 16.9 Å². The number of hydrogen-bond donors (Lipinski definition) is 4. The molecule has 9 nitrogen and oxygen atoms in total. The minimum Gasteiger partial charge on any atom is -0.409 e. The number of pyridine rings is 1. The molecular weight excluding hydrogens is 425 g/mol. The zero-order valence-electron chi connectivity index (χ0n) is 16.5. The lowest BCUT2D eigenvalue weighted by atomic mass is 10.2. The number of aromatic nitrogens is 3. The molecule has 1 aromatic carbocycles. The number of fused-ring (bicyclic) bond motifs is 1. The molecule has 0 radical (unpaired) electrons.